The molecule has 2 aromatic rings. The molecule has 108 valence electrons. The van der Waals surface area contributed by atoms with Crippen LogP contribution >= 0.6 is 23.4 Å². The van der Waals surface area contributed by atoms with Gasteiger partial charge in [0, 0.05) is 27.5 Å². The zero-order valence-electron chi connectivity index (χ0n) is 11.1. The van der Waals surface area contributed by atoms with E-state index in [0.717, 1.165) is 11.3 Å². The monoisotopic (exact) mass is 320 g/mol. The van der Waals surface area contributed by atoms with Crippen LogP contribution in [0.25, 0.3) is 0 Å². The molecule has 2 atom stereocenters. The molecule has 1 aromatic carbocycles. The summed E-state index contributed by atoms with van der Waals surface area (Å²) in [5.74, 6) is 0.797. The summed E-state index contributed by atoms with van der Waals surface area (Å²) < 4.78 is 0. The third kappa shape index (κ3) is 2.70. The zero-order valence-corrected chi connectivity index (χ0v) is 12.7. The van der Waals surface area contributed by atoms with E-state index in [2.05, 4.69) is 20.6 Å². The molecule has 2 saturated carbocycles. The molecule has 5 nitrogen and oxygen atoms in total. The van der Waals surface area contributed by atoms with Crippen molar-refractivity contribution in [2.45, 2.75) is 35.3 Å². The van der Waals surface area contributed by atoms with E-state index in [0.29, 0.717) is 21.7 Å². The molecule has 2 aliphatic rings. The lowest BCUT2D eigenvalue weighted by Gasteiger charge is -2.05. The fourth-order valence-electron chi connectivity index (χ4n) is 2.43. The SMILES string of the molecule is O=C(c1ccc(SC2CC2)c(Cl)c1)[C@H]1C[C@@H]1c1nn[nH]n1. The van der Waals surface area contributed by atoms with Gasteiger partial charge in [0.1, 0.15) is 0 Å². The summed E-state index contributed by atoms with van der Waals surface area (Å²) in [6.07, 6.45) is 3.31. The first-order chi connectivity index (χ1) is 10.2. The van der Waals surface area contributed by atoms with Gasteiger partial charge in [-0.05, 0) is 31.4 Å². The van der Waals surface area contributed by atoms with Gasteiger partial charge in [0.2, 0.25) is 0 Å². The predicted octanol–water partition coefficient (Wildman–Crippen LogP) is 3.09. The number of H-pyrrole nitrogens is 1. The van der Waals surface area contributed by atoms with Crippen LogP contribution in [0.2, 0.25) is 5.02 Å². The van der Waals surface area contributed by atoms with Crippen LogP contribution in [0, 0.1) is 5.92 Å². The Balaban J connectivity index is 1.48. The van der Waals surface area contributed by atoms with Gasteiger partial charge in [0.25, 0.3) is 0 Å². The van der Waals surface area contributed by atoms with Crippen LogP contribution in [-0.2, 0) is 0 Å². The molecule has 0 saturated heterocycles. The number of nitrogens with one attached hydrogen (secondary N) is 1. The fraction of sp³-hybridized carbons (Fsp3) is 0.429. The number of aromatic amines is 1. The highest BCUT2D eigenvalue weighted by molar-refractivity contribution is 8.00. The number of tetrazole rings is 1. The van der Waals surface area contributed by atoms with Crippen molar-refractivity contribution in [2.24, 2.45) is 5.92 Å². The maximum absolute atomic E-state index is 12.5. The molecule has 1 heterocycles. The molecule has 21 heavy (non-hydrogen) atoms. The topological polar surface area (TPSA) is 71.5 Å². The van der Waals surface area contributed by atoms with Crippen molar-refractivity contribution in [2.75, 3.05) is 0 Å². The summed E-state index contributed by atoms with van der Waals surface area (Å²) in [5, 5.41) is 15.2. The minimum atomic E-state index is -0.0411. The summed E-state index contributed by atoms with van der Waals surface area (Å²) in [7, 11) is 0. The number of carbonyl (C=O) groups is 1. The van der Waals surface area contributed by atoms with Gasteiger partial charge in [-0.2, -0.15) is 5.21 Å². The van der Waals surface area contributed by atoms with Gasteiger partial charge in [-0.1, -0.05) is 22.9 Å². The van der Waals surface area contributed by atoms with Gasteiger partial charge in [0.15, 0.2) is 11.6 Å². The lowest BCUT2D eigenvalue weighted by molar-refractivity contribution is 0.0965. The van der Waals surface area contributed by atoms with Gasteiger partial charge < -0.3 is 0 Å². The van der Waals surface area contributed by atoms with Gasteiger partial charge in [-0.15, -0.1) is 22.0 Å². The highest BCUT2D eigenvalue weighted by atomic mass is 35.5. The molecular formula is C14H13ClN4OS. The summed E-state index contributed by atoms with van der Waals surface area (Å²) in [4.78, 5) is 13.5. The van der Waals surface area contributed by atoms with Crippen LogP contribution < -0.4 is 0 Å². The molecule has 0 spiro atoms. The quantitative estimate of drug-likeness (QED) is 0.857. The highest BCUT2D eigenvalue weighted by Crippen LogP contribution is 2.48. The minimum absolute atomic E-state index is 0.0411. The van der Waals surface area contributed by atoms with Crippen molar-refractivity contribution in [3.8, 4) is 0 Å². The summed E-state index contributed by atoms with van der Waals surface area (Å²) in [6.45, 7) is 0. The van der Waals surface area contributed by atoms with E-state index in [1.54, 1.807) is 17.8 Å². The normalized spacial score (nSPS) is 24.0. The first-order valence-corrected chi connectivity index (χ1v) is 8.22. The van der Waals surface area contributed by atoms with E-state index >= 15 is 0 Å². The average Bonchev–Trinajstić information content (AvgIpc) is 3.41. The number of benzene rings is 1. The van der Waals surface area contributed by atoms with Gasteiger partial charge in [0.05, 0.1) is 5.02 Å². The Labute approximate surface area is 130 Å². The lowest BCUT2D eigenvalue weighted by Crippen LogP contribution is -2.04. The zero-order chi connectivity index (χ0) is 14.4. The molecule has 0 bridgehead atoms. The summed E-state index contributed by atoms with van der Waals surface area (Å²) in [5.41, 5.74) is 0.677. The Hall–Kier alpha value is -1.40. The Kier molecular flexibility index (Phi) is 3.23. The van der Waals surface area contributed by atoms with Crippen LogP contribution in [-0.4, -0.2) is 31.7 Å². The molecule has 0 aliphatic heterocycles. The number of hydrogen-bond acceptors (Lipinski definition) is 5. The van der Waals surface area contributed by atoms with E-state index < -0.39 is 0 Å². The van der Waals surface area contributed by atoms with E-state index in [1.807, 2.05) is 12.1 Å². The second-order valence-corrected chi connectivity index (χ2v) is 7.29. The van der Waals surface area contributed by atoms with Crippen molar-refractivity contribution in [3.05, 3.63) is 34.6 Å². The minimum Gasteiger partial charge on any atom is -0.294 e. The Morgan fingerprint density at radius 2 is 2.24 bits per heavy atom. The number of thioether (sulfide) groups is 1. The van der Waals surface area contributed by atoms with Crippen molar-refractivity contribution >= 4 is 29.1 Å². The Bertz CT molecular complexity index is 686. The number of carbonyl (C=O) groups excluding carboxylic acids is 1. The van der Waals surface area contributed by atoms with E-state index in [1.165, 1.54) is 12.8 Å². The molecule has 7 heteroatoms. The van der Waals surface area contributed by atoms with E-state index in [4.69, 9.17) is 11.6 Å². The van der Waals surface area contributed by atoms with Crippen LogP contribution in [0.15, 0.2) is 23.1 Å². The number of halogens is 1. The molecule has 1 aromatic heterocycles. The van der Waals surface area contributed by atoms with Crippen LogP contribution in [0.5, 0.6) is 0 Å². The number of aromatic nitrogens is 4. The molecule has 2 fully saturated rings. The molecular weight excluding hydrogens is 308 g/mol. The second-order valence-electron chi connectivity index (χ2n) is 5.55. The number of Topliss-reactive ketones (excluding diaryl/α,β-unsaturated/α-hetero) is 1. The standard InChI is InChI=1S/C14H13ClN4OS/c15-11-5-7(1-4-12(11)21-8-2-3-8)13(20)9-6-10(9)14-16-18-19-17-14/h1,4-5,8-10H,2-3,6H2,(H,16,17,18,19)/t9-,10-/m0/s1. The van der Waals surface area contributed by atoms with Gasteiger partial charge in [-0.25, -0.2) is 0 Å². The Morgan fingerprint density at radius 1 is 1.38 bits per heavy atom. The van der Waals surface area contributed by atoms with Crippen molar-refractivity contribution < 1.29 is 4.79 Å². The first kappa shape index (κ1) is 13.3. The molecule has 0 amide bonds. The molecule has 1 N–H and O–H groups in total. The van der Waals surface area contributed by atoms with E-state index in [-0.39, 0.29) is 17.6 Å². The number of ketones is 1. The maximum atomic E-state index is 12.5. The lowest BCUT2D eigenvalue weighted by atomic mass is 10.1. The third-order valence-corrected chi connectivity index (χ3v) is 5.69. The first-order valence-electron chi connectivity index (χ1n) is 6.96. The van der Waals surface area contributed by atoms with Crippen molar-refractivity contribution in [1.29, 1.82) is 0 Å². The average molecular weight is 321 g/mol. The summed E-state index contributed by atoms with van der Waals surface area (Å²) in [6, 6.07) is 5.63. The molecule has 0 radical (unpaired) electrons. The number of rotatable bonds is 5. The third-order valence-electron chi connectivity index (χ3n) is 3.85. The predicted molar refractivity (Wildman–Crippen MR) is 79.7 cm³/mol. The fourth-order valence-corrected chi connectivity index (χ4v) is 3.79. The van der Waals surface area contributed by atoms with E-state index in [9.17, 15) is 4.79 Å². The second kappa shape index (κ2) is 5.10. The van der Waals surface area contributed by atoms with Crippen molar-refractivity contribution in [1.82, 2.24) is 20.6 Å². The smallest absolute Gasteiger partial charge is 0.178 e. The van der Waals surface area contributed by atoms with Crippen LogP contribution in [0.1, 0.15) is 41.4 Å². The maximum Gasteiger partial charge on any atom is 0.178 e. The largest absolute Gasteiger partial charge is 0.294 e. The summed E-state index contributed by atoms with van der Waals surface area (Å²) >= 11 is 8.10. The van der Waals surface area contributed by atoms with Crippen LogP contribution in [0.3, 0.4) is 0 Å². The van der Waals surface area contributed by atoms with Crippen LogP contribution in [0.4, 0.5) is 0 Å². The Morgan fingerprint density at radius 3 is 2.90 bits per heavy atom. The number of hydrogen-bond donors (Lipinski definition) is 1. The van der Waals surface area contributed by atoms with Gasteiger partial charge in [-0.3, -0.25) is 4.79 Å². The molecule has 2 aliphatic carbocycles. The number of nitrogens with zero attached hydrogens (tertiary/aromatic N) is 3. The van der Waals surface area contributed by atoms with Crippen molar-refractivity contribution in [3.63, 3.8) is 0 Å². The van der Waals surface area contributed by atoms with Gasteiger partial charge >= 0.3 is 0 Å². The molecule has 4 rings (SSSR count). The highest BCUT2D eigenvalue weighted by Gasteiger charge is 2.46. The molecule has 0 unspecified atom stereocenters.